The standard InChI is InChI=1S/C12H10N4O2S/c1-6-4-10(19)16-12(13-6)14-11(15-16)7-2-3-8(17)9(18)5-7/h2-5,17-18H,1H3,(H,13,14,15). The molecule has 0 atom stereocenters. The molecular weight excluding hydrogens is 264 g/mol. The minimum absolute atomic E-state index is 0.176. The fourth-order valence-corrected chi connectivity index (χ4v) is 2.09. The number of phenols is 2. The van der Waals surface area contributed by atoms with Crippen LogP contribution in [-0.4, -0.2) is 29.8 Å². The Kier molecular flexibility index (Phi) is 2.49. The topological polar surface area (TPSA) is 86.4 Å². The number of benzene rings is 1. The van der Waals surface area contributed by atoms with Crippen LogP contribution in [-0.2, 0) is 0 Å². The number of aryl methyl sites for hydroxylation is 1. The van der Waals surface area contributed by atoms with Crippen molar-refractivity contribution in [1.29, 1.82) is 0 Å². The number of H-pyrrole nitrogens is 1. The lowest BCUT2D eigenvalue weighted by Crippen LogP contribution is -1.93. The summed E-state index contributed by atoms with van der Waals surface area (Å²) >= 11 is 5.21. The van der Waals surface area contributed by atoms with E-state index in [0.717, 1.165) is 5.69 Å². The molecule has 0 spiro atoms. The maximum Gasteiger partial charge on any atom is 0.252 e. The van der Waals surface area contributed by atoms with Gasteiger partial charge in [-0.05, 0) is 31.2 Å². The van der Waals surface area contributed by atoms with Crippen molar-refractivity contribution in [3.63, 3.8) is 0 Å². The van der Waals surface area contributed by atoms with Crippen molar-refractivity contribution in [1.82, 2.24) is 19.6 Å². The van der Waals surface area contributed by atoms with Gasteiger partial charge in [0.25, 0.3) is 5.78 Å². The monoisotopic (exact) mass is 274 g/mol. The molecule has 0 aliphatic rings. The largest absolute Gasteiger partial charge is 0.504 e. The molecule has 2 aromatic heterocycles. The van der Waals surface area contributed by atoms with Crippen LogP contribution in [0, 0.1) is 11.6 Å². The first-order chi connectivity index (χ1) is 9.04. The number of hydrogen-bond donors (Lipinski definition) is 3. The number of rotatable bonds is 1. The summed E-state index contributed by atoms with van der Waals surface area (Å²) in [7, 11) is 0. The van der Waals surface area contributed by atoms with E-state index in [1.165, 1.54) is 12.1 Å². The first-order valence-electron chi connectivity index (χ1n) is 5.53. The zero-order valence-electron chi connectivity index (χ0n) is 9.95. The Balaban J connectivity index is 2.23. The number of hydrogen-bond acceptors (Lipinski definition) is 5. The summed E-state index contributed by atoms with van der Waals surface area (Å²) in [5.74, 6) is 0.600. The van der Waals surface area contributed by atoms with Crippen LogP contribution in [0.5, 0.6) is 11.5 Å². The summed E-state index contributed by atoms with van der Waals surface area (Å²) in [5, 5.41) is 21.8. The highest BCUT2D eigenvalue weighted by molar-refractivity contribution is 7.71. The van der Waals surface area contributed by atoms with Crippen LogP contribution in [0.4, 0.5) is 0 Å². The van der Waals surface area contributed by atoms with Crippen LogP contribution < -0.4 is 0 Å². The molecule has 19 heavy (non-hydrogen) atoms. The summed E-state index contributed by atoms with van der Waals surface area (Å²) in [6, 6.07) is 6.22. The smallest absolute Gasteiger partial charge is 0.252 e. The second-order valence-corrected chi connectivity index (χ2v) is 4.57. The van der Waals surface area contributed by atoms with Crippen molar-refractivity contribution in [2.45, 2.75) is 6.92 Å². The van der Waals surface area contributed by atoms with Gasteiger partial charge in [0, 0.05) is 11.3 Å². The Labute approximate surface area is 113 Å². The zero-order valence-corrected chi connectivity index (χ0v) is 10.8. The van der Waals surface area contributed by atoms with Gasteiger partial charge in [-0.2, -0.15) is 4.98 Å². The summed E-state index contributed by atoms with van der Waals surface area (Å²) in [5.41, 5.74) is 1.42. The molecule has 6 nitrogen and oxygen atoms in total. The van der Waals surface area contributed by atoms with Crippen LogP contribution in [0.1, 0.15) is 5.69 Å². The fraction of sp³-hybridized carbons (Fsp3) is 0.0833. The molecule has 0 radical (unpaired) electrons. The van der Waals surface area contributed by atoms with Gasteiger partial charge in [0.1, 0.15) is 4.64 Å². The summed E-state index contributed by atoms with van der Waals surface area (Å²) in [6.07, 6.45) is 0. The van der Waals surface area contributed by atoms with Gasteiger partial charge >= 0.3 is 0 Å². The molecule has 0 amide bonds. The van der Waals surface area contributed by atoms with E-state index in [9.17, 15) is 10.2 Å². The number of nitrogens with one attached hydrogen (secondary N) is 1. The molecule has 3 rings (SSSR count). The third kappa shape index (κ3) is 1.93. The van der Waals surface area contributed by atoms with E-state index in [2.05, 4.69) is 15.1 Å². The maximum absolute atomic E-state index is 9.50. The lowest BCUT2D eigenvalue weighted by atomic mass is 10.2. The fourth-order valence-electron chi connectivity index (χ4n) is 1.79. The zero-order chi connectivity index (χ0) is 13.6. The van der Waals surface area contributed by atoms with E-state index in [1.807, 2.05) is 6.92 Å². The predicted molar refractivity (Wildman–Crippen MR) is 71.7 cm³/mol. The molecule has 0 fully saturated rings. The van der Waals surface area contributed by atoms with Gasteiger partial charge in [0.05, 0.1) is 0 Å². The summed E-state index contributed by atoms with van der Waals surface area (Å²) in [6.45, 7) is 1.84. The Hall–Kier alpha value is -2.41. The van der Waals surface area contributed by atoms with Gasteiger partial charge in [-0.3, -0.25) is 5.10 Å². The molecule has 0 bridgehead atoms. The van der Waals surface area contributed by atoms with E-state index in [0.29, 0.717) is 21.8 Å². The molecular formula is C12H10N4O2S. The lowest BCUT2D eigenvalue weighted by Gasteiger charge is -1.99. The Morgan fingerprint density at radius 1 is 1.16 bits per heavy atom. The van der Waals surface area contributed by atoms with Crippen LogP contribution in [0.15, 0.2) is 24.3 Å². The van der Waals surface area contributed by atoms with Crippen molar-refractivity contribution in [3.8, 4) is 22.9 Å². The van der Waals surface area contributed by atoms with Crippen molar-refractivity contribution < 1.29 is 10.2 Å². The van der Waals surface area contributed by atoms with Crippen LogP contribution >= 0.6 is 12.2 Å². The Bertz CT molecular complexity index is 837. The second kappa shape index (κ2) is 4.06. The van der Waals surface area contributed by atoms with Gasteiger partial charge in [0.2, 0.25) is 0 Å². The van der Waals surface area contributed by atoms with Crippen LogP contribution in [0.3, 0.4) is 0 Å². The van der Waals surface area contributed by atoms with Gasteiger partial charge < -0.3 is 10.2 Å². The SMILES string of the molecule is Cc1cc(=S)n2[nH]c(-c3ccc(O)c(O)c3)nc2n1. The molecule has 0 saturated heterocycles. The Morgan fingerprint density at radius 2 is 1.95 bits per heavy atom. The molecule has 0 unspecified atom stereocenters. The van der Waals surface area contributed by atoms with E-state index < -0.39 is 0 Å². The molecule has 3 aromatic rings. The number of aromatic amines is 1. The number of nitrogens with zero attached hydrogens (tertiary/aromatic N) is 3. The highest BCUT2D eigenvalue weighted by Gasteiger charge is 2.09. The number of phenolic OH excluding ortho intramolecular Hbond substituents is 2. The number of aromatic nitrogens is 4. The minimum Gasteiger partial charge on any atom is -0.504 e. The van der Waals surface area contributed by atoms with Crippen molar-refractivity contribution in [2.24, 2.45) is 0 Å². The van der Waals surface area contributed by atoms with Gasteiger partial charge in [-0.1, -0.05) is 12.2 Å². The maximum atomic E-state index is 9.50. The molecule has 7 heteroatoms. The average molecular weight is 274 g/mol. The third-order valence-corrected chi connectivity index (χ3v) is 3.01. The van der Waals surface area contributed by atoms with Crippen molar-refractivity contribution >= 4 is 18.0 Å². The molecule has 2 heterocycles. The second-order valence-electron chi connectivity index (χ2n) is 4.15. The molecule has 0 aliphatic heterocycles. The third-order valence-electron chi connectivity index (χ3n) is 2.71. The van der Waals surface area contributed by atoms with Crippen LogP contribution in [0.2, 0.25) is 0 Å². The normalized spacial score (nSPS) is 11.0. The minimum atomic E-state index is -0.203. The van der Waals surface area contributed by atoms with E-state index >= 15 is 0 Å². The molecule has 3 N–H and O–H groups in total. The predicted octanol–water partition coefficient (Wildman–Crippen LogP) is 2.17. The van der Waals surface area contributed by atoms with Gasteiger partial charge in [-0.15, -0.1) is 0 Å². The molecule has 96 valence electrons. The van der Waals surface area contributed by atoms with E-state index in [1.54, 1.807) is 16.6 Å². The summed E-state index contributed by atoms with van der Waals surface area (Å²) in [4.78, 5) is 8.58. The number of fused-ring (bicyclic) bond motifs is 1. The van der Waals surface area contributed by atoms with Crippen molar-refractivity contribution in [3.05, 3.63) is 34.6 Å². The quantitative estimate of drug-likeness (QED) is 0.467. The van der Waals surface area contributed by atoms with E-state index in [-0.39, 0.29) is 11.5 Å². The Morgan fingerprint density at radius 3 is 2.68 bits per heavy atom. The summed E-state index contributed by atoms with van der Waals surface area (Å²) < 4.78 is 2.16. The number of aromatic hydroxyl groups is 2. The lowest BCUT2D eigenvalue weighted by molar-refractivity contribution is 0.404. The molecule has 0 saturated carbocycles. The molecule has 0 aliphatic carbocycles. The van der Waals surface area contributed by atoms with Crippen molar-refractivity contribution in [2.75, 3.05) is 0 Å². The van der Waals surface area contributed by atoms with Gasteiger partial charge in [0.15, 0.2) is 17.3 Å². The molecule has 1 aromatic carbocycles. The first kappa shape index (κ1) is 11.7. The highest BCUT2D eigenvalue weighted by Crippen LogP contribution is 2.29. The highest BCUT2D eigenvalue weighted by atomic mass is 32.1. The van der Waals surface area contributed by atoms with Gasteiger partial charge in [-0.25, -0.2) is 9.50 Å². The van der Waals surface area contributed by atoms with E-state index in [4.69, 9.17) is 12.2 Å². The first-order valence-corrected chi connectivity index (χ1v) is 5.94. The van der Waals surface area contributed by atoms with Crippen LogP contribution in [0.25, 0.3) is 17.2 Å². The average Bonchev–Trinajstić information content (AvgIpc) is 2.76.